The van der Waals surface area contributed by atoms with Gasteiger partial charge >= 0.3 is 5.97 Å². The summed E-state index contributed by atoms with van der Waals surface area (Å²) in [5, 5.41) is 9.04. The van der Waals surface area contributed by atoms with Crippen LogP contribution >= 0.6 is 11.3 Å². The number of ether oxygens (including phenoxy) is 1. The zero-order chi connectivity index (χ0) is 27.1. The van der Waals surface area contributed by atoms with Gasteiger partial charge in [-0.05, 0) is 50.3 Å². The van der Waals surface area contributed by atoms with Crippen LogP contribution in [0.3, 0.4) is 0 Å². The fourth-order valence-electron chi connectivity index (χ4n) is 4.59. The number of carbonyl (C=O) groups excluding carboxylic acids is 2. The van der Waals surface area contributed by atoms with E-state index in [9.17, 15) is 9.59 Å². The number of nitrogens with zero attached hydrogens (tertiary/aromatic N) is 2. The quantitative estimate of drug-likeness (QED) is 0.320. The molecular weight excluding hydrogens is 496 g/mol. The number of hydrogen-bond donors (Lipinski definition) is 2. The molecule has 2 N–H and O–H groups in total. The summed E-state index contributed by atoms with van der Waals surface area (Å²) in [6.45, 7) is 11.8. The Kier molecular flexibility index (Phi) is 9.18. The van der Waals surface area contributed by atoms with Crippen molar-refractivity contribution in [2.45, 2.75) is 52.0 Å². The summed E-state index contributed by atoms with van der Waals surface area (Å²) >= 11 is 1.54. The minimum absolute atomic E-state index is 0.201. The van der Waals surface area contributed by atoms with E-state index in [0.29, 0.717) is 12.3 Å². The van der Waals surface area contributed by atoms with Crippen molar-refractivity contribution < 1.29 is 14.3 Å². The van der Waals surface area contributed by atoms with E-state index in [-0.39, 0.29) is 17.8 Å². The van der Waals surface area contributed by atoms with E-state index in [0.717, 1.165) is 60.0 Å². The summed E-state index contributed by atoms with van der Waals surface area (Å²) in [6.07, 6.45) is 2.80. The van der Waals surface area contributed by atoms with Crippen LogP contribution in [-0.4, -0.2) is 47.5 Å². The molecule has 38 heavy (non-hydrogen) atoms. The van der Waals surface area contributed by atoms with Gasteiger partial charge in [-0.3, -0.25) is 4.79 Å². The fraction of sp³-hybridized carbons (Fsp3) is 0.367. The van der Waals surface area contributed by atoms with E-state index in [2.05, 4.69) is 53.3 Å². The lowest BCUT2D eigenvalue weighted by molar-refractivity contribution is -0.145. The van der Waals surface area contributed by atoms with Crippen molar-refractivity contribution in [1.29, 1.82) is 0 Å². The van der Waals surface area contributed by atoms with E-state index in [1.807, 2.05) is 29.6 Å². The molecule has 0 bridgehead atoms. The first-order chi connectivity index (χ1) is 18.4. The van der Waals surface area contributed by atoms with Crippen molar-refractivity contribution >= 4 is 28.9 Å². The Balaban J connectivity index is 1.35. The largest absolute Gasteiger partial charge is 0.464 e. The standard InChI is InChI=1S/C30H36N4O3S/c1-5-22-11-13-23(14-12-22)25-9-7-8-10-26(25)32-28(35)27-19-38-29(33-27)24-15-17-34(18-16-24)21(4)31-20(3)30(36)37-6-2/h7-14,19-20,24,31H,4-6,15-18H2,1-3H3,(H,32,35). The molecule has 0 spiro atoms. The Bertz CT molecular complexity index is 1260. The monoisotopic (exact) mass is 532 g/mol. The number of amides is 1. The molecule has 7 nitrogen and oxygen atoms in total. The number of nitrogens with one attached hydrogen (secondary N) is 2. The average Bonchev–Trinajstić information content (AvgIpc) is 3.44. The van der Waals surface area contributed by atoms with Crippen LogP contribution < -0.4 is 10.6 Å². The maximum Gasteiger partial charge on any atom is 0.328 e. The fourth-order valence-corrected chi connectivity index (χ4v) is 5.56. The van der Waals surface area contributed by atoms with Gasteiger partial charge in [-0.1, -0.05) is 56.0 Å². The molecule has 1 unspecified atom stereocenters. The van der Waals surface area contributed by atoms with Crippen LogP contribution in [0.25, 0.3) is 11.1 Å². The summed E-state index contributed by atoms with van der Waals surface area (Å²) in [5.74, 6) is 0.533. The van der Waals surface area contributed by atoms with Gasteiger partial charge in [0.05, 0.1) is 17.4 Å². The van der Waals surface area contributed by atoms with Gasteiger partial charge in [0.15, 0.2) is 0 Å². The van der Waals surface area contributed by atoms with Crippen LogP contribution in [0.15, 0.2) is 66.3 Å². The number of benzene rings is 2. The Labute approximate surface area is 228 Å². The van der Waals surface area contributed by atoms with Gasteiger partial charge in [-0.15, -0.1) is 11.3 Å². The van der Waals surface area contributed by atoms with Crippen LogP contribution in [0.5, 0.6) is 0 Å². The average molecular weight is 533 g/mol. The molecule has 1 atom stereocenters. The van der Waals surface area contributed by atoms with E-state index in [1.54, 1.807) is 13.8 Å². The molecule has 0 radical (unpaired) electrons. The van der Waals surface area contributed by atoms with Crippen molar-refractivity contribution in [1.82, 2.24) is 15.2 Å². The molecule has 1 saturated heterocycles. The Morgan fingerprint density at radius 3 is 2.53 bits per heavy atom. The normalized spacial score (nSPS) is 14.6. The number of piperidine rings is 1. The number of carbonyl (C=O) groups is 2. The van der Waals surface area contributed by atoms with E-state index >= 15 is 0 Å². The smallest absolute Gasteiger partial charge is 0.328 e. The van der Waals surface area contributed by atoms with Gasteiger partial charge in [0.25, 0.3) is 5.91 Å². The maximum absolute atomic E-state index is 13.1. The van der Waals surface area contributed by atoms with Crippen molar-refractivity contribution in [3.05, 3.63) is 82.6 Å². The van der Waals surface area contributed by atoms with Gasteiger partial charge < -0.3 is 20.3 Å². The molecule has 2 heterocycles. The van der Waals surface area contributed by atoms with E-state index < -0.39 is 6.04 Å². The SMILES string of the molecule is C=C(NC(C)C(=O)OCC)N1CCC(c2nc(C(=O)Nc3ccccc3-c3ccc(CC)cc3)cs2)CC1. The summed E-state index contributed by atoms with van der Waals surface area (Å²) in [6, 6.07) is 15.8. The first-order valence-corrected chi connectivity index (χ1v) is 14.1. The second-order valence-electron chi connectivity index (χ2n) is 9.45. The number of thiazole rings is 1. The number of aryl methyl sites for hydroxylation is 1. The number of esters is 1. The van der Waals surface area contributed by atoms with Crippen molar-refractivity contribution in [3.8, 4) is 11.1 Å². The van der Waals surface area contributed by atoms with Gasteiger partial charge in [0, 0.05) is 35.6 Å². The van der Waals surface area contributed by atoms with E-state index in [4.69, 9.17) is 9.72 Å². The maximum atomic E-state index is 13.1. The number of anilines is 1. The molecular formula is C30H36N4O3S. The molecule has 200 valence electrons. The van der Waals surface area contributed by atoms with Gasteiger partial charge in [0.2, 0.25) is 0 Å². The number of likely N-dealkylation sites (tertiary alicyclic amines) is 1. The van der Waals surface area contributed by atoms with Crippen LogP contribution in [0.1, 0.15) is 60.6 Å². The lowest BCUT2D eigenvalue weighted by Gasteiger charge is -2.35. The van der Waals surface area contributed by atoms with Gasteiger partial charge in [-0.2, -0.15) is 0 Å². The van der Waals surface area contributed by atoms with Crippen LogP contribution in [-0.2, 0) is 16.0 Å². The van der Waals surface area contributed by atoms with Gasteiger partial charge in [0.1, 0.15) is 11.7 Å². The van der Waals surface area contributed by atoms with Crippen LogP contribution in [0.2, 0.25) is 0 Å². The highest BCUT2D eigenvalue weighted by atomic mass is 32.1. The third-order valence-corrected chi connectivity index (χ3v) is 7.86. The number of aromatic nitrogens is 1. The van der Waals surface area contributed by atoms with Gasteiger partial charge in [-0.25, -0.2) is 9.78 Å². The lowest BCUT2D eigenvalue weighted by atomic mass is 9.97. The molecule has 4 rings (SSSR count). The predicted molar refractivity (Wildman–Crippen MR) is 153 cm³/mol. The predicted octanol–water partition coefficient (Wildman–Crippen LogP) is 5.82. The molecule has 1 aliphatic rings. The second kappa shape index (κ2) is 12.7. The molecule has 1 aliphatic heterocycles. The van der Waals surface area contributed by atoms with Crippen LogP contribution in [0, 0.1) is 0 Å². The third-order valence-electron chi connectivity index (χ3n) is 6.85. The molecule has 1 fully saturated rings. The van der Waals surface area contributed by atoms with Crippen molar-refractivity contribution in [3.63, 3.8) is 0 Å². The number of hydrogen-bond acceptors (Lipinski definition) is 7. The topological polar surface area (TPSA) is 83.6 Å². The van der Waals surface area contributed by atoms with Crippen molar-refractivity contribution in [2.24, 2.45) is 0 Å². The van der Waals surface area contributed by atoms with E-state index in [1.165, 1.54) is 16.9 Å². The molecule has 1 amide bonds. The highest BCUT2D eigenvalue weighted by Gasteiger charge is 2.26. The number of para-hydroxylation sites is 1. The highest BCUT2D eigenvalue weighted by molar-refractivity contribution is 7.10. The zero-order valence-electron chi connectivity index (χ0n) is 22.3. The second-order valence-corrected chi connectivity index (χ2v) is 10.3. The molecule has 2 aromatic carbocycles. The Morgan fingerprint density at radius 2 is 1.84 bits per heavy atom. The summed E-state index contributed by atoms with van der Waals surface area (Å²) in [4.78, 5) is 31.9. The molecule has 3 aromatic rings. The summed E-state index contributed by atoms with van der Waals surface area (Å²) in [7, 11) is 0. The number of rotatable bonds is 10. The Hall–Kier alpha value is -3.65. The molecule has 1 aromatic heterocycles. The highest BCUT2D eigenvalue weighted by Crippen LogP contribution is 2.32. The summed E-state index contributed by atoms with van der Waals surface area (Å²) in [5.41, 5.74) is 4.54. The molecule has 8 heteroatoms. The summed E-state index contributed by atoms with van der Waals surface area (Å²) < 4.78 is 5.06. The Morgan fingerprint density at radius 1 is 1.13 bits per heavy atom. The lowest BCUT2D eigenvalue weighted by Crippen LogP contribution is -2.43. The first kappa shape index (κ1) is 27.4. The first-order valence-electron chi connectivity index (χ1n) is 13.2. The third kappa shape index (κ3) is 6.61. The van der Waals surface area contributed by atoms with Crippen molar-refractivity contribution in [2.75, 3.05) is 25.0 Å². The minimum atomic E-state index is -0.443. The minimum Gasteiger partial charge on any atom is -0.464 e. The molecule has 0 saturated carbocycles. The molecule has 0 aliphatic carbocycles. The van der Waals surface area contributed by atoms with Crippen LogP contribution in [0.4, 0.5) is 5.69 Å². The zero-order valence-corrected chi connectivity index (χ0v) is 23.1.